The maximum absolute atomic E-state index is 6.14. The Morgan fingerprint density at radius 2 is 2.04 bits per heavy atom. The van der Waals surface area contributed by atoms with Gasteiger partial charge in [-0.3, -0.25) is 5.10 Å². The van der Waals surface area contributed by atoms with Gasteiger partial charge in [-0.15, -0.1) is 0 Å². The van der Waals surface area contributed by atoms with Crippen LogP contribution in [-0.4, -0.2) is 48.5 Å². The predicted molar refractivity (Wildman–Crippen MR) is 89.3 cm³/mol. The minimum absolute atomic E-state index is 0.0928. The molecule has 128 valence electrons. The summed E-state index contributed by atoms with van der Waals surface area (Å²) >= 11 is 0. The van der Waals surface area contributed by atoms with Crippen LogP contribution < -0.4 is 5.32 Å². The summed E-state index contributed by atoms with van der Waals surface area (Å²) in [6.07, 6.45) is 3.61. The van der Waals surface area contributed by atoms with Gasteiger partial charge in [0.25, 0.3) is 0 Å². The molecule has 1 unspecified atom stereocenters. The Balaban J connectivity index is 1.30. The SMILES string of the molecule is c1ccc(-c2[nH]ncc2CNCC2COC3(CCOCC3)O2)cc1. The van der Waals surface area contributed by atoms with Gasteiger partial charge in [-0.1, -0.05) is 30.3 Å². The van der Waals surface area contributed by atoms with Crippen molar-refractivity contribution in [3.8, 4) is 11.3 Å². The molecule has 0 amide bonds. The van der Waals surface area contributed by atoms with Crippen molar-refractivity contribution in [2.75, 3.05) is 26.4 Å². The van der Waals surface area contributed by atoms with Crippen LogP contribution in [0.25, 0.3) is 11.3 Å². The van der Waals surface area contributed by atoms with Crippen molar-refractivity contribution >= 4 is 0 Å². The van der Waals surface area contributed by atoms with Gasteiger partial charge < -0.3 is 19.5 Å². The van der Waals surface area contributed by atoms with Crippen molar-refractivity contribution in [2.24, 2.45) is 0 Å². The van der Waals surface area contributed by atoms with E-state index in [1.165, 1.54) is 0 Å². The molecule has 2 fully saturated rings. The van der Waals surface area contributed by atoms with Gasteiger partial charge in [-0.05, 0) is 5.56 Å². The molecular formula is C18H23N3O3. The van der Waals surface area contributed by atoms with Crippen LogP contribution in [0.5, 0.6) is 0 Å². The van der Waals surface area contributed by atoms with Gasteiger partial charge in [0.15, 0.2) is 5.79 Å². The van der Waals surface area contributed by atoms with Gasteiger partial charge in [0.2, 0.25) is 0 Å². The third kappa shape index (κ3) is 3.37. The lowest BCUT2D eigenvalue weighted by atomic mass is 10.1. The highest BCUT2D eigenvalue weighted by Gasteiger charge is 2.42. The zero-order valence-electron chi connectivity index (χ0n) is 13.7. The monoisotopic (exact) mass is 329 g/mol. The van der Waals surface area contributed by atoms with E-state index in [9.17, 15) is 0 Å². The minimum atomic E-state index is -0.407. The van der Waals surface area contributed by atoms with Gasteiger partial charge >= 0.3 is 0 Å². The second-order valence-electron chi connectivity index (χ2n) is 6.34. The lowest BCUT2D eigenvalue weighted by Crippen LogP contribution is -2.39. The van der Waals surface area contributed by atoms with Crippen LogP contribution in [0.2, 0.25) is 0 Å². The quantitative estimate of drug-likeness (QED) is 0.879. The first-order chi connectivity index (χ1) is 11.8. The van der Waals surface area contributed by atoms with Gasteiger partial charge in [-0.2, -0.15) is 5.10 Å². The molecule has 4 rings (SSSR count). The number of benzene rings is 1. The highest BCUT2D eigenvalue weighted by molar-refractivity contribution is 5.62. The molecule has 3 heterocycles. The van der Waals surface area contributed by atoms with Crippen LogP contribution in [0.3, 0.4) is 0 Å². The number of aromatic amines is 1. The number of hydrogen-bond acceptors (Lipinski definition) is 5. The van der Waals surface area contributed by atoms with E-state index in [1.54, 1.807) is 0 Å². The number of H-pyrrole nitrogens is 1. The molecular weight excluding hydrogens is 306 g/mol. The summed E-state index contributed by atoms with van der Waals surface area (Å²) in [5, 5.41) is 10.7. The van der Waals surface area contributed by atoms with E-state index < -0.39 is 5.79 Å². The zero-order chi connectivity index (χ0) is 16.2. The smallest absolute Gasteiger partial charge is 0.173 e. The molecule has 1 atom stereocenters. The van der Waals surface area contributed by atoms with Crippen LogP contribution >= 0.6 is 0 Å². The largest absolute Gasteiger partial charge is 0.381 e. The van der Waals surface area contributed by atoms with Crippen LogP contribution in [0.15, 0.2) is 36.5 Å². The van der Waals surface area contributed by atoms with Crippen molar-refractivity contribution in [2.45, 2.75) is 31.3 Å². The molecule has 2 N–H and O–H groups in total. The Kier molecular flexibility index (Phi) is 4.62. The number of aromatic nitrogens is 2. The fourth-order valence-corrected chi connectivity index (χ4v) is 3.33. The summed E-state index contributed by atoms with van der Waals surface area (Å²) in [5.74, 6) is -0.407. The predicted octanol–water partition coefficient (Wildman–Crippen LogP) is 2.09. The first kappa shape index (κ1) is 15.8. The summed E-state index contributed by atoms with van der Waals surface area (Å²) in [5.41, 5.74) is 3.36. The van der Waals surface area contributed by atoms with Crippen LogP contribution in [0.1, 0.15) is 18.4 Å². The fraction of sp³-hybridized carbons (Fsp3) is 0.500. The molecule has 2 aliphatic rings. The Morgan fingerprint density at radius 3 is 2.88 bits per heavy atom. The average molecular weight is 329 g/mol. The molecule has 0 saturated carbocycles. The van der Waals surface area contributed by atoms with E-state index in [0.29, 0.717) is 6.61 Å². The van der Waals surface area contributed by atoms with Crippen molar-refractivity contribution < 1.29 is 14.2 Å². The molecule has 2 aromatic rings. The number of nitrogens with one attached hydrogen (secondary N) is 2. The Morgan fingerprint density at radius 1 is 1.21 bits per heavy atom. The molecule has 24 heavy (non-hydrogen) atoms. The summed E-state index contributed by atoms with van der Waals surface area (Å²) in [6, 6.07) is 10.2. The third-order valence-electron chi connectivity index (χ3n) is 4.64. The highest BCUT2D eigenvalue weighted by atomic mass is 16.7. The molecule has 6 heteroatoms. The van der Waals surface area contributed by atoms with Crippen molar-refractivity contribution in [1.82, 2.24) is 15.5 Å². The van der Waals surface area contributed by atoms with Gasteiger partial charge in [0, 0.05) is 31.5 Å². The molecule has 0 bridgehead atoms. The van der Waals surface area contributed by atoms with Crippen molar-refractivity contribution in [1.29, 1.82) is 0 Å². The molecule has 2 saturated heterocycles. The standard InChI is InChI=1S/C18H23N3O3/c1-2-4-14(5-3-1)17-15(11-20-21-17)10-19-12-16-13-23-18(24-16)6-8-22-9-7-18/h1-5,11,16,19H,6-10,12-13H2,(H,20,21). The Labute approximate surface area is 141 Å². The molecule has 2 aliphatic heterocycles. The third-order valence-corrected chi connectivity index (χ3v) is 4.64. The van der Waals surface area contributed by atoms with Gasteiger partial charge in [0.1, 0.15) is 0 Å². The van der Waals surface area contributed by atoms with Gasteiger partial charge in [0.05, 0.1) is 37.8 Å². The molecule has 0 aliphatic carbocycles. The van der Waals surface area contributed by atoms with Gasteiger partial charge in [-0.25, -0.2) is 0 Å². The highest BCUT2D eigenvalue weighted by Crippen LogP contribution is 2.33. The van der Waals surface area contributed by atoms with Crippen molar-refractivity contribution in [3.63, 3.8) is 0 Å². The zero-order valence-corrected chi connectivity index (χ0v) is 13.7. The van der Waals surface area contributed by atoms with E-state index in [4.69, 9.17) is 14.2 Å². The van der Waals surface area contributed by atoms with E-state index in [1.807, 2.05) is 24.4 Å². The lowest BCUT2D eigenvalue weighted by molar-refractivity contribution is -0.210. The summed E-state index contributed by atoms with van der Waals surface area (Å²) < 4.78 is 17.4. The maximum atomic E-state index is 6.14. The van der Waals surface area contributed by atoms with Crippen LogP contribution in [0.4, 0.5) is 0 Å². The Bertz CT molecular complexity index is 653. The summed E-state index contributed by atoms with van der Waals surface area (Å²) in [6.45, 7) is 3.59. The van der Waals surface area contributed by atoms with E-state index in [2.05, 4.69) is 27.6 Å². The number of hydrogen-bond donors (Lipinski definition) is 2. The number of ether oxygens (including phenoxy) is 3. The first-order valence-corrected chi connectivity index (χ1v) is 8.53. The molecule has 1 aromatic heterocycles. The number of nitrogens with zero attached hydrogens (tertiary/aromatic N) is 1. The topological polar surface area (TPSA) is 68.4 Å². The average Bonchev–Trinajstić information content (AvgIpc) is 3.24. The summed E-state index contributed by atoms with van der Waals surface area (Å²) in [7, 11) is 0. The van der Waals surface area contributed by atoms with E-state index in [0.717, 1.165) is 56.0 Å². The minimum Gasteiger partial charge on any atom is -0.381 e. The first-order valence-electron chi connectivity index (χ1n) is 8.53. The molecule has 0 radical (unpaired) electrons. The maximum Gasteiger partial charge on any atom is 0.173 e. The second-order valence-corrected chi connectivity index (χ2v) is 6.34. The summed E-state index contributed by atoms with van der Waals surface area (Å²) in [4.78, 5) is 0. The lowest BCUT2D eigenvalue weighted by Gasteiger charge is -2.31. The fourth-order valence-electron chi connectivity index (χ4n) is 3.33. The van der Waals surface area contributed by atoms with E-state index in [-0.39, 0.29) is 6.10 Å². The molecule has 6 nitrogen and oxygen atoms in total. The van der Waals surface area contributed by atoms with Crippen LogP contribution in [0, 0.1) is 0 Å². The van der Waals surface area contributed by atoms with Crippen molar-refractivity contribution in [3.05, 3.63) is 42.1 Å². The Hall–Kier alpha value is -1.73. The molecule has 1 aromatic carbocycles. The number of rotatable bonds is 5. The van der Waals surface area contributed by atoms with Crippen LogP contribution in [-0.2, 0) is 20.8 Å². The molecule has 1 spiro atoms. The normalized spacial score (nSPS) is 22.9. The second kappa shape index (κ2) is 7.03. The van der Waals surface area contributed by atoms with E-state index >= 15 is 0 Å².